The van der Waals surface area contributed by atoms with Gasteiger partial charge >= 0.3 is 5.97 Å². The quantitative estimate of drug-likeness (QED) is 0.851. The van der Waals surface area contributed by atoms with E-state index in [1.54, 1.807) is 11.4 Å². The van der Waals surface area contributed by atoms with E-state index in [0.717, 1.165) is 5.56 Å². The van der Waals surface area contributed by atoms with Crippen LogP contribution in [0.15, 0.2) is 41.8 Å². The summed E-state index contributed by atoms with van der Waals surface area (Å²) in [4.78, 5) is 23.4. The number of hydrogen-bond donors (Lipinski definition) is 2. The first-order valence-corrected chi connectivity index (χ1v) is 7.64. The van der Waals surface area contributed by atoms with Crippen molar-refractivity contribution in [2.75, 3.05) is 0 Å². The van der Waals surface area contributed by atoms with Gasteiger partial charge in [-0.2, -0.15) is 0 Å². The van der Waals surface area contributed by atoms with E-state index >= 15 is 0 Å². The Hall–Kier alpha value is -1.85. The lowest BCUT2D eigenvalue weighted by molar-refractivity contribution is -0.137. The van der Waals surface area contributed by atoms with E-state index in [1.807, 2.05) is 30.3 Å². The maximum atomic E-state index is 12.2. The van der Waals surface area contributed by atoms with Crippen LogP contribution in [-0.2, 0) is 4.79 Å². The number of benzene rings is 1. The number of halogens is 1. The fourth-order valence-electron chi connectivity index (χ4n) is 1.95. The van der Waals surface area contributed by atoms with Crippen LogP contribution in [0.2, 0.25) is 5.02 Å². The van der Waals surface area contributed by atoms with Gasteiger partial charge in [0.05, 0.1) is 11.1 Å². The van der Waals surface area contributed by atoms with Gasteiger partial charge in [-0.25, -0.2) is 0 Å². The van der Waals surface area contributed by atoms with E-state index in [0.29, 0.717) is 16.3 Å². The molecule has 6 heteroatoms. The third-order valence-electron chi connectivity index (χ3n) is 2.98. The van der Waals surface area contributed by atoms with Gasteiger partial charge in [-0.3, -0.25) is 9.59 Å². The molecule has 0 saturated carbocycles. The molecule has 2 aromatic rings. The molecule has 21 heavy (non-hydrogen) atoms. The molecule has 1 amide bonds. The first-order valence-electron chi connectivity index (χ1n) is 6.38. The van der Waals surface area contributed by atoms with Gasteiger partial charge in [0.1, 0.15) is 4.88 Å². The second kappa shape index (κ2) is 7.24. The lowest BCUT2D eigenvalue weighted by Crippen LogP contribution is -2.28. The fraction of sp³-hybridized carbons (Fsp3) is 0.200. The zero-order valence-corrected chi connectivity index (χ0v) is 12.7. The highest BCUT2D eigenvalue weighted by atomic mass is 35.5. The molecular formula is C15H14ClNO3S. The molecule has 0 fully saturated rings. The summed E-state index contributed by atoms with van der Waals surface area (Å²) in [6.07, 6.45) is 0.312. The summed E-state index contributed by atoms with van der Waals surface area (Å²) >= 11 is 7.21. The zero-order chi connectivity index (χ0) is 15.2. The Labute approximate surface area is 131 Å². The second-order valence-corrected chi connectivity index (χ2v) is 5.79. The molecule has 110 valence electrons. The summed E-state index contributed by atoms with van der Waals surface area (Å²) in [5.74, 6) is -1.17. The number of rotatable bonds is 6. The van der Waals surface area contributed by atoms with Crippen molar-refractivity contribution in [3.8, 4) is 0 Å². The van der Waals surface area contributed by atoms with Gasteiger partial charge in [0.2, 0.25) is 0 Å². The minimum Gasteiger partial charge on any atom is -0.481 e. The van der Waals surface area contributed by atoms with Gasteiger partial charge in [-0.1, -0.05) is 41.9 Å². The number of aliphatic carboxylic acids is 1. The number of hydrogen-bond acceptors (Lipinski definition) is 3. The molecule has 2 rings (SSSR count). The van der Waals surface area contributed by atoms with E-state index < -0.39 is 5.97 Å². The molecule has 1 aromatic heterocycles. The Morgan fingerprint density at radius 1 is 1.24 bits per heavy atom. The van der Waals surface area contributed by atoms with Crippen LogP contribution in [-0.4, -0.2) is 17.0 Å². The van der Waals surface area contributed by atoms with E-state index in [-0.39, 0.29) is 18.4 Å². The Balaban J connectivity index is 2.14. The predicted molar refractivity (Wildman–Crippen MR) is 82.8 cm³/mol. The summed E-state index contributed by atoms with van der Waals surface area (Å²) in [5.41, 5.74) is 0.875. The molecule has 0 saturated heterocycles. The monoisotopic (exact) mass is 323 g/mol. The molecule has 1 atom stereocenters. The highest BCUT2D eigenvalue weighted by Crippen LogP contribution is 2.24. The lowest BCUT2D eigenvalue weighted by Gasteiger charge is -2.18. The van der Waals surface area contributed by atoms with Crippen molar-refractivity contribution in [2.45, 2.75) is 18.9 Å². The zero-order valence-electron chi connectivity index (χ0n) is 11.1. The molecule has 1 unspecified atom stereocenters. The topological polar surface area (TPSA) is 66.4 Å². The van der Waals surface area contributed by atoms with Crippen LogP contribution in [0, 0.1) is 0 Å². The molecule has 4 nitrogen and oxygen atoms in total. The smallest absolute Gasteiger partial charge is 0.303 e. The average molecular weight is 324 g/mol. The molecule has 0 aliphatic rings. The number of carbonyl (C=O) groups excluding carboxylic acids is 1. The van der Waals surface area contributed by atoms with Crippen LogP contribution in [0.25, 0.3) is 0 Å². The van der Waals surface area contributed by atoms with Crippen LogP contribution in [0.3, 0.4) is 0 Å². The maximum Gasteiger partial charge on any atom is 0.303 e. The van der Waals surface area contributed by atoms with Crippen molar-refractivity contribution < 1.29 is 14.7 Å². The maximum absolute atomic E-state index is 12.2. The van der Waals surface area contributed by atoms with Crippen molar-refractivity contribution in [1.82, 2.24) is 5.32 Å². The number of carboxylic acid groups (broad SMARTS) is 1. The van der Waals surface area contributed by atoms with Crippen molar-refractivity contribution in [1.29, 1.82) is 0 Å². The minimum atomic E-state index is -0.890. The van der Waals surface area contributed by atoms with Crippen LogP contribution in [0.5, 0.6) is 0 Å². The molecule has 0 aliphatic heterocycles. The number of carboxylic acids is 1. The van der Waals surface area contributed by atoms with Gasteiger partial charge < -0.3 is 10.4 Å². The van der Waals surface area contributed by atoms with Crippen LogP contribution in [0.1, 0.15) is 34.1 Å². The molecule has 1 aromatic carbocycles. The average Bonchev–Trinajstić information content (AvgIpc) is 2.90. The molecule has 0 spiro atoms. The SMILES string of the molecule is O=C(O)CCC(NC(=O)c1sccc1Cl)c1ccccc1. The highest BCUT2D eigenvalue weighted by molar-refractivity contribution is 7.12. The largest absolute Gasteiger partial charge is 0.481 e. The molecule has 2 N–H and O–H groups in total. The van der Waals surface area contributed by atoms with E-state index in [4.69, 9.17) is 16.7 Å². The van der Waals surface area contributed by atoms with Crippen LogP contribution >= 0.6 is 22.9 Å². The minimum absolute atomic E-state index is 0.0159. The van der Waals surface area contributed by atoms with Gasteiger partial charge in [-0.15, -0.1) is 11.3 Å². The van der Waals surface area contributed by atoms with Crippen molar-refractivity contribution in [3.05, 3.63) is 57.2 Å². The Morgan fingerprint density at radius 3 is 2.52 bits per heavy atom. The third-order valence-corrected chi connectivity index (χ3v) is 4.32. The van der Waals surface area contributed by atoms with Crippen LogP contribution < -0.4 is 5.32 Å². The van der Waals surface area contributed by atoms with E-state index in [9.17, 15) is 9.59 Å². The number of amides is 1. The van der Waals surface area contributed by atoms with Crippen LogP contribution in [0.4, 0.5) is 0 Å². The fourth-order valence-corrected chi connectivity index (χ4v) is 3.00. The van der Waals surface area contributed by atoms with Crippen molar-refractivity contribution in [3.63, 3.8) is 0 Å². The second-order valence-electron chi connectivity index (χ2n) is 4.47. The molecule has 0 aliphatic carbocycles. The Kier molecular flexibility index (Phi) is 5.36. The standard InChI is InChI=1S/C15H14ClNO3S/c16-11-8-9-21-14(11)15(20)17-12(6-7-13(18)19)10-4-2-1-3-5-10/h1-5,8-9,12H,6-7H2,(H,17,20)(H,18,19). The first kappa shape index (κ1) is 15.5. The van der Waals surface area contributed by atoms with Gasteiger partial charge in [0.15, 0.2) is 0 Å². The lowest BCUT2D eigenvalue weighted by atomic mass is 10.0. The molecule has 0 radical (unpaired) electrons. The van der Waals surface area contributed by atoms with Gasteiger partial charge in [0.25, 0.3) is 5.91 Å². The van der Waals surface area contributed by atoms with Crippen molar-refractivity contribution >= 4 is 34.8 Å². The van der Waals surface area contributed by atoms with Gasteiger partial charge in [0, 0.05) is 6.42 Å². The molecular weight excluding hydrogens is 310 g/mol. The third kappa shape index (κ3) is 4.31. The highest BCUT2D eigenvalue weighted by Gasteiger charge is 2.19. The Bertz CT molecular complexity index is 627. The normalized spacial score (nSPS) is 11.9. The van der Waals surface area contributed by atoms with Crippen molar-refractivity contribution in [2.24, 2.45) is 0 Å². The molecule has 0 bridgehead atoms. The summed E-state index contributed by atoms with van der Waals surface area (Å²) < 4.78 is 0. The predicted octanol–water partition coefficient (Wildman–Crippen LogP) is 3.74. The first-order chi connectivity index (χ1) is 10.1. The number of carbonyl (C=O) groups is 2. The van der Waals surface area contributed by atoms with E-state index in [2.05, 4.69) is 5.32 Å². The summed E-state index contributed by atoms with van der Waals surface area (Å²) in [5, 5.41) is 13.8. The molecule has 1 heterocycles. The summed E-state index contributed by atoms with van der Waals surface area (Å²) in [6.45, 7) is 0. The van der Waals surface area contributed by atoms with E-state index in [1.165, 1.54) is 11.3 Å². The number of thiophene rings is 1. The Morgan fingerprint density at radius 2 is 1.95 bits per heavy atom. The summed E-state index contributed by atoms with van der Waals surface area (Å²) in [6, 6.07) is 10.6. The van der Waals surface area contributed by atoms with Gasteiger partial charge in [-0.05, 0) is 23.4 Å². The summed E-state index contributed by atoms with van der Waals surface area (Å²) in [7, 11) is 0. The number of nitrogens with one attached hydrogen (secondary N) is 1.